The van der Waals surface area contributed by atoms with Crippen LogP contribution in [0.3, 0.4) is 0 Å². The van der Waals surface area contributed by atoms with E-state index in [0.29, 0.717) is 10.9 Å². The van der Waals surface area contributed by atoms with Crippen molar-refractivity contribution < 1.29 is 13.9 Å². The lowest BCUT2D eigenvalue weighted by Gasteiger charge is -2.22. The van der Waals surface area contributed by atoms with Gasteiger partial charge in [-0.25, -0.2) is 13.8 Å². The number of benzene rings is 1. The zero-order valence-electron chi connectivity index (χ0n) is 9.69. The maximum absolute atomic E-state index is 13.4. The highest BCUT2D eigenvalue weighted by Crippen LogP contribution is 2.33. The Hall–Kier alpha value is -1.01. The van der Waals surface area contributed by atoms with Gasteiger partial charge in [-0.15, -0.1) is 12.4 Å². The number of aromatic nitrogens is 1. The first-order valence-corrected chi connectivity index (χ1v) is 5.63. The van der Waals surface area contributed by atoms with E-state index in [1.807, 2.05) is 0 Å². The molecular formula is C12H12Cl2F2N2O. The number of hydrogen-bond acceptors (Lipinski definition) is 3. The molecule has 0 amide bonds. The summed E-state index contributed by atoms with van der Waals surface area (Å²) in [6.07, 6.45) is 0. The first kappa shape index (κ1) is 16.0. The van der Waals surface area contributed by atoms with Gasteiger partial charge in [-0.05, 0) is 12.1 Å². The lowest BCUT2D eigenvalue weighted by atomic mass is 10.0. The van der Waals surface area contributed by atoms with E-state index in [1.165, 1.54) is 6.07 Å². The number of halogens is 4. The van der Waals surface area contributed by atoms with Crippen molar-refractivity contribution in [1.29, 1.82) is 0 Å². The molecule has 0 aliphatic heterocycles. The zero-order valence-corrected chi connectivity index (χ0v) is 11.3. The van der Waals surface area contributed by atoms with Crippen LogP contribution in [0.2, 0.25) is 5.15 Å². The SMILES string of the molecule is Cl.N[C@H](c1cc2ccccc2nc1Cl)C(F)(F)CO. The number of pyridine rings is 1. The van der Waals surface area contributed by atoms with Gasteiger partial charge in [0.15, 0.2) is 0 Å². The van der Waals surface area contributed by atoms with Gasteiger partial charge in [0, 0.05) is 10.9 Å². The van der Waals surface area contributed by atoms with Crippen LogP contribution in [-0.2, 0) is 0 Å². The summed E-state index contributed by atoms with van der Waals surface area (Å²) in [5, 5.41) is 9.23. The van der Waals surface area contributed by atoms with Crippen molar-refractivity contribution >= 4 is 34.9 Å². The molecule has 0 saturated heterocycles. The van der Waals surface area contributed by atoms with Gasteiger partial charge < -0.3 is 10.8 Å². The Morgan fingerprint density at radius 2 is 2.00 bits per heavy atom. The molecule has 1 atom stereocenters. The molecule has 7 heteroatoms. The van der Waals surface area contributed by atoms with Crippen molar-refractivity contribution in [2.45, 2.75) is 12.0 Å². The molecule has 0 fully saturated rings. The van der Waals surface area contributed by atoms with Crippen LogP contribution in [0.15, 0.2) is 30.3 Å². The molecule has 0 saturated carbocycles. The molecular weight excluding hydrogens is 297 g/mol. The highest BCUT2D eigenvalue weighted by atomic mass is 35.5. The van der Waals surface area contributed by atoms with Crippen LogP contribution >= 0.6 is 24.0 Å². The Morgan fingerprint density at radius 1 is 1.37 bits per heavy atom. The summed E-state index contributed by atoms with van der Waals surface area (Å²) >= 11 is 5.86. The summed E-state index contributed by atoms with van der Waals surface area (Å²) in [5.41, 5.74) is 6.07. The van der Waals surface area contributed by atoms with E-state index in [1.54, 1.807) is 24.3 Å². The Morgan fingerprint density at radius 3 is 2.63 bits per heavy atom. The number of alkyl halides is 2. The first-order valence-electron chi connectivity index (χ1n) is 5.25. The van der Waals surface area contributed by atoms with Gasteiger partial charge in [0.2, 0.25) is 0 Å². The predicted octanol–water partition coefficient (Wildman–Crippen LogP) is 2.94. The molecule has 0 aliphatic rings. The largest absolute Gasteiger partial charge is 0.390 e. The topological polar surface area (TPSA) is 59.1 Å². The molecule has 0 spiro atoms. The standard InChI is InChI=1S/C12H11ClF2N2O.ClH/c13-11-8(10(16)12(14,15)6-18)5-7-3-1-2-4-9(7)17-11;/h1-5,10,18H,6,16H2;1H/t10-;/m1./s1. The van der Waals surface area contributed by atoms with Gasteiger partial charge in [-0.3, -0.25) is 0 Å². The lowest BCUT2D eigenvalue weighted by Crippen LogP contribution is -2.36. The van der Waals surface area contributed by atoms with Crippen molar-refractivity contribution in [1.82, 2.24) is 4.98 Å². The predicted molar refractivity (Wildman–Crippen MR) is 73.0 cm³/mol. The third-order valence-corrected chi connectivity index (χ3v) is 3.01. The maximum atomic E-state index is 13.4. The lowest BCUT2D eigenvalue weighted by molar-refractivity contribution is -0.0711. The number of nitrogens with zero attached hydrogens (tertiary/aromatic N) is 1. The van der Waals surface area contributed by atoms with E-state index in [4.69, 9.17) is 22.4 Å². The Bertz CT molecular complexity index is 581. The van der Waals surface area contributed by atoms with Gasteiger partial charge >= 0.3 is 0 Å². The number of fused-ring (bicyclic) bond motifs is 1. The number of rotatable bonds is 3. The minimum atomic E-state index is -3.44. The Kier molecular flexibility index (Phi) is 5.04. The number of nitrogens with two attached hydrogens (primary N) is 1. The second-order valence-electron chi connectivity index (χ2n) is 3.96. The van der Waals surface area contributed by atoms with Gasteiger partial charge in [0.05, 0.1) is 11.6 Å². The van der Waals surface area contributed by atoms with E-state index in [9.17, 15) is 8.78 Å². The highest BCUT2D eigenvalue weighted by Gasteiger charge is 2.38. The van der Waals surface area contributed by atoms with Gasteiger partial charge in [-0.2, -0.15) is 0 Å². The summed E-state index contributed by atoms with van der Waals surface area (Å²) < 4.78 is 26.7. The second-order valence-corrected chi connectivity index (χ2v) is 4.32. The van der Waals surface area contributed by atoms with E-state index < -0.39 is 18.6 Å². The average molecular weight is 309 g/mol. The van der Waals surface area contributed by atoms with E-state index in [2.05, 4.69) is 4.98 Å². The normalized spacial score (nSPS) is 13.1. The molecule has 2 rings (SSSR count). The molecule has 0 radical (unpaired) electrons. The minimum absolute atomic E-state index is 0. The summed E-state index contributed by atoms with van der Waals surface area (Å²) in [6, 6.07) is 6.77. The first-order chi connectivity index (χ1) is 8.45. The number of aliphatic hydroxyl groups excluding tert-OH is 1. The van der Waals surface area contributed by atoms with Gasteiger partial charge in [0.1, 0.15) is 11.8 Å². The monoisotopic (exact) mass is 308 g/mol. The number of aliphatic hydroxyl groups is 1. The van der Waals surface area contributed by atoms with Crippen molar-refractivity contribution in [3.63, 3.8) is 0 Å². The van der Waals surface area contributed by atoms with Crippen molar-refractivity contribution in [3.05, 3.63) is 41.0 Å². The van der Waals surface area contributed by atoms with Crippen LogP contribution < -0.4 is 5.73 Å². The van der Waals surface area contributed by atoms with Crippen molar-refractivity contribution in [3.8, 4) is 0 Å². The molecule has 1 aromatic heterocycles. The molecule has 3 nitrogen and oxygen atoms in total. The molecule has 2 aromatic rings. The van der Waals surface area contributed by atoms with Gasteiger partial charge in [0.25, 0.3) is 5.92 Å². The van der Waals surface area contributed by atoms with E-state index in [-0.39, 0.29) is 23.1 Å². The molecule has 1 heterocycles. The Labute approximate surface area is 119 Å². The fraction of sp³-hybridized carbons (Fsp3) is 0.250. The molecule has 3 N–H and O–H groups in total. The summed E-state index contributed by atoms with van der Waals surface area (Å²) in [4.78, 5) is 4.01. The number of hydrogen-bond donors (Lipinski definition) is 2. The molecule has 104 valence electrons. The molecule has 0 aliphatic carbocycles. The average Bonchev–Trinajstić information content (AvgIpc) is 2.37. The van der Waals surface area contributed by atoms with Crippen LogP contribution in [0, 0.1) is 0 Å². The number of para-hydroxylation sites is 1. The third kappa shape index (κ3) is 3.12. The summed E-state index contributed by atoms with van der Waals surface area (Å²) in [5.74, 6) is -3.44. The van der Waals surface area contributed by atoms with Crippen LogP contribution in [0.4, 0.5) is 8.78 Å². The fourth-order valence-electron chi connectivity index (χ4n) is 1.65. The highest BCUT2D eigenvalue weighted by molar-refractivity contribution is 6.30. The molecule has 0 unspecified atom stereocenters. The van der Waals surface area contributed by atoms with Crippen LogP contribution in [0.1, 0.15) is 11.6 Å². The van der Waals surface area contributed by atoms with Crippen LogP contribution in [0.5, 0.6) is 0 Å². The minimum Gasteiger partial charge on any atom is -0.390 e. The van der Waals surface area contributed by atoms with Crippen LogP contribution in [0.25, 0.3) is 10.9 Å². The summed E-state index contributed by atoms with van der Waals surface area (Å²) in [7, 11) is 0. The Balaban J connectivity index is 0.00000180. The smallest absolute Gasteiger partial charge is 0.289 e. The zero-order chi connectivity index (χ0) is 13.3. The summed E-state index contributed by atoms with van der Waals surface area (Å²) in [6.45, 7) is -1.34. The fourth-order valence-corrected chi connectivity index (χ4v) is 1.92. The van der Waals surface area contributed by atoms with E-state index >= 15 is 0 Å². The molecule has 0 bridgehead atoms. The maximum Gasteiger partial charge on any atom is 0.289 e. The van der Waals surface area contributed by atoms with Gasteiger partial charge in [-0.1, -0.05) is 29.8 Å². The van der Waals surface area contributed by atoms with Crippen LogP contribution in [-0.4, -0.2) is 22.6 Å². The van der Waals surface area contributed by atoms with Crippen molar-refractivity contribution in [2.24, 2.45) is 5.73 Å². The molecule has 1 aromatic carbocycles. The second kappa shape index (κ2) is 5.96. The third-order valence-electron chi connectivity index (χ3n) is 2.71. The van der Waals surface area contributed by atoms with Crippen molar-refractivity contribution in [2.75, 3.05) is 6.61 Å². The quantitative estimate of drug-likeness (QED) is 0.857. The molecule has 19 heavy (non-hydrogen) atoms. The van der Waals surface area contributed by atoms with E-state index in [0.717, 1.165) is 0 Å².